The summed E-state index contributed by atoms with van der Waals surface area (Å²) in [6.45, 7) is 3.23. The van der Waals surface area contributed by atoms with Crippen LogP contribution < -0.4 is 16.9 Å². The average molecular weight is 462 g/mol. The van der Waals surface area contributed by atoms with Crippen LogP contribution in [0.5, 0.6) is 0 Å². The number of anilines is 1. The highest BCUT2D eigenvalue weighted by Crippen LogP contribution is 2.33. The zero-order chi connectivity index (χ0) is 24.2. The Morgan fingerprint density at radius 3 is 2.71 bits per heavy atom. The van der Waals surface area contributed by atoms with Gasteiger partial charge in [-0.05, 0) is 44.5 Å². The van der Waals surface area contributed by atoms with Crippen molar-refractivity contribution in [1.29, 1.82) is 0 Å². The number of hydrogen-bond donors (Lipinski definition) is 3. The fourth-order valence-corrected chi connectivity index (χ4v) is 4.05. The fraction of sp³-hybridized carbons (Fsp3) is 0.250. The van der Waals surface area contributed by atoms with Gasteiger partial charge in [-0.15, -0.1) is 5.92 Å². The maximum absolute atomic E-state index is 13.3. The van der Waals surface area contributed by atoms with E-state index in [-0.39, 0.29) is 17.6 Å². The molecule has 3 heterocycles. The molecule has 1 unspecified atom stereocenters. The fourth-order valence-electron chi connectivity index (χ4n) is 4.05. The SMILES string of the molecule is CC#CCN1CCCC1c1nc(-c2ccc(C(=O)Nc3cc(F)ccn3)cc2)c(C(N)=O)n1N. The summed E-state index contributed by atoms with van der Waals surface area (Å²) in [6.07, 6.45) is 3.07. The number of aromatic nitrogens is 3. The quantitative estimate of drug-likeness (QED) is 0.381. The van der Waals surface area contributed by atoms with Crippen molar-refractivity contribution in [2.75, 3.05) is 24.2 Å². The van der Waals surface area contributed by atoms with Crippen molar-refractivity contribution < 1.29 is 14.0 Å². The van der Waals surface area contributed by atoms with Gasteiger partial charge < -0.3 is 16.9 Å². The van der Waals surface area contributed by atoms with E-state index in [1.807, 2.05) is 0 Å². The van der Waals surface area contributed by atoms with Crippen LogP contribution in [-0.4, -0.2) is 44.4 Å². The Morgan fingerprint density at radius 1 is 1.26 bits per heavy atom. The van der Waals surface area contributed by atoms with Gasteiger partial charge in [0.2, 0.25) is 0 Å². The van der Waals surface area contributed by atoms with Crippen LogP contribution in [-0.2, 0) is 0 Å². The second-order valence-corrected chi connectivity index (χ2v) is 7.85. The molecule has 0 spiro atoms. The molecule has 2 aromatic heterocycles. The predicted molar refractivity (Wildman–Crippen MR) is 125 cm³/mol. The van der Waals surface area contributed by atoms with E-state index < -0.39 is 17.6 Å². The van der Waals surface area contributed by atoms with E-state index in [9.17, 15) is 14.0 Å². The van der Waals surface area contributed by atoms with Crippen molar-refractivity contribution in [3.63, 3.8) is 0 Å². The van der Waals surface area contributed by atoms with Crippen molar-refractivity contribution >= 4 is 17.6 Å². The van der Waals surface area contributed by atoms with Crippen LogP contribution in [0.2, 0.25) is 0 Å². The zero-order valence-corrected chi connectivity index (χ0v) is 18.6. The summed E-state index contributed by atoms with van der Waals surface area (Å²) >= 11 is 0. The smallest absolute Gasteiger partial charge is 0.269 e. The van der Waals surface area contributed by atoms with E-state index in [1.54, 1.807) is 31.2 Å². The number of likely N-dealkylation sites (tertiary alicyclic amines) is 1. The molecule has 0 radical (unpaired) electrons. The molecule has 2 amide bonds. The van der Waals surface area contributed by atoms with E-state index in [4.69, 9.17) is 11.6 Å². The maximum atomic E-state index is 13.3. The van der Waals surface area contributed by atoms with Crippen molar-refractivity contribution in [3.05, 3.63) is 65.5 Å². The molecular formula is C24H24FN7O2. The van der Waals surface area contributed by atoms with Gasteiger partial charge in [0, 0.05) is 23.4 Å². The number of imidazole rings is 1. The number of halogens is 1. The molecule has 0 bridgehead atoms. The van der Waals surface area contributed by atoms with E-state index in [2.05, 4.69) is 32.0 Å². The first-order valence-electron chi connectivity index (χ1n) is 10.7. The minimum Gasteiger partial charge on any atom is -0.364 e. The Balaban J connectivity index is 1.62. The molecule has 4 rings (SSSR count). The van der Waals surface area contributed by atoms with Crippen LogP contribution in [0.3, 0.4) is 0 Å². The van der Waals surface area contributed by atoms with Gasteiger partial charge >= 0.3 is 0 Å². The van der Waals surface area contributed by atoms with E-state index >= 15 is 0 Å². The number of rotatable bonds is 6. The topological polar surface area (TPSA) is 132 Å². The molecule has 34 heavy (non-hydrogen) atoms. The number of benzene rings is 1. The molecule has 1 aliphatic heterocycles. The van der Waals surface area contributed by atoms with Gasteiger partial charge in [0.1, 0.15) is 23.2 Å². The maximum Gasteiger partial charge on any atom is 0.269 e. The molecule has 9 nitrogen and oxygen atoms in total. The Labute approximate surface area is 195 Å². The second-order valence-electron chi connectivity index (χ2n) is 7.85. The molecule has 1 aromatic carbocycles. The number of nitrogen functional groups attached to an aromatic ring is 1. The third kappa shape index (κ3) is 4.60. The summed E-state index contributed by atoms with van der Waals surface area (Å²) in [5.41, 5.74) is 6.97. The molecule has 1 saturated heterocycles. The number of carbonyl (C=O) groups excluding carboxylic acids is 2. The van der Waals surface area contributed by atoms with Crippen LogP contribution in [0.25, 0.3) is 11.3 Å². The van der Waals surface area contributed by atoms with Crippen molar-refractivity contribution in [3.8, 4) is 23.1 Å². The highest BCUT2D eigenvalue weighted by molar-refractivity contribution is 6.04. The van der Waals surface area contributed by atoms with Crippen LogP contribution in [0.1, 0.15) is 52.5 Å². The lowest BCUT2D eigenvalue weighted by molar-refractivity contribution is 0.0991. The molecule has 0 saturated carbocycles. The molecule has 174 valence electrons. The minimum atomic E-state index is -0.701. The second kappa shape index (κ2) is 9.72. The first kappa shape index (κ1) is 22.9. The van der Waals surface area contributed by atoms with E-state index in [0.717, 1.165) is 25.5 Å². The van der Waals surface area contributed by atoms with E-state index in [0.29, 0.717) is 29.2 Å². The number of amides is 2. The number of hydrogen-bond acceptors (Lipinski definition) is 6. The van der Waals surface area contributed by atoms with Crippen molar-refractivity contribution in [2.45, 2.75) is 25.8 Å². The number of nitrogens with zero attached hydrogens (tertiary/aromatic N) is 4. The molecule has 5 N–H and O–H groups in total. The summed E-state index contributed by atoms with van der Waals surface area (Å²) in [5.74, 6) is 11.2. The van der Waals surface area contributed by atoms with Crippen molar-refractivity contribution in [2.24, 2.45) is 5.73 Å². The van der Waals surface area contributed by atoms with Crippen LogP contribution >= 0.6 is 0 Å². The lowest BCUT2D eigenvalue weighted by atomic mass is 10.1. The monoisotopic (exact) mass is 461 g/mol. The number of primary amides is 1. The standard InChI is InChI=1S/C24H24FN7O2/c1-2-3-12-31-13-4-5-18(31)23-30-20(21(22(26)33)32(23)27)15-6-8-16(9-7-15)24(34)29-19-14-17(25)10-11-28-19/h6-11,14,18H,4-5,12-13,27H2,1H3,(H2,26,33)(H,28,29,34). The van der Waals surface area contributed by atoms with Gasteiger partial charge in [0.25, 0.3) is 11.8 Å². The average Bonchev–Trinajstić information content (AvgIpc) is 3.41. The molecule has 3 aromatic rings. The zero-order valence-electron chi connectivity index (χ0n) is 18.6. The largest absolute Gasteiger partial charge is 0.364 e. The Bertz CT molecular complexity index is 1290. The number of carbonyl (C=O) groups is 2. The number of pyridine rings is 1. The summed E-state index contributed by atoms with van der Waals surface area (Å²) in [5, 5.41) is 2.54. The Morgan fingerprint density at radius 2 is 2.03 bits per heavy atom. The molecule has 1 aliphatic rings. The van der Waals surface area contributed by atoms with Gasteiger partial charge in [0.15, 0.2) is 5.69 Å². The van der Waals surface area contributed by atoms with Gasteiger partial charge in [-0.1, -0.05) is 18.1 Å². The van der Waals surface area contributed by atoms with E-state index in [1.165, 1.54) is 16.9 Å². The highest BCUT2D eigenvalue weighted by atomic mass is 19.1. The summed E-state index contributed by atoms with van der Waals surface area (Å²) in [4.78, 5) is 35.5. The van der Waals surface area contributed by atoms with Crippen molar-refractivity contribution in [1.82, 2.24) is 19.5 Å². The third-order valence-corrected chi connectivity index (χ3v) is 5.68. The molecular weight excluding hydrogens is 437 g/mol. The lowest BCUT2D eigenvalue weighted by Gasteiger charge is -2.21. The highest BCUT2D eigenvalue weighted by Gasteiger charge is 2.32. The Kier molecular flexibility index (Phi) is 6.56. The molecule has 0 aliphatic carbocycles. The van der Waals surface area contributed by atoms with Gasteiger partial charge in [-0.2, -0.15) is 0 Å². The van der Waals surface area contributed by atoms with Crippen LogP contribution in [0, 0.1) is 17.7 Å². The lowest BCUT2D eigenvalue weighted by Crippen LogP contribution is -2.30. The minimum absolute atomic E-state index is 0.0819. The summed E-state index contributed by atoms with van der Waals surface area (Å²) in [7, 11) is 0. The van der Waals surface area contributed by atoms with Gasteiger partial charge in [-0.25, -0.2) is 19.0 Å². The molecule has 1 atom stereocenters. The Hall–Kier alpha value is -4.23. The third-order valence-electron chi connectivity index (χ3n) is 5.68. The number of nitrogens with one attached hydrogen (secondary N) is 1. The van der Waals surface area contributed by atoms with Crippen LogP contribution in [0.15, 0.2) is 42.6 Å². The molecule has 10 heteroatoms. The van der Waals surface area contributed by atoms with Gasteiger partial charge in [0.05, 0.1) is 12.6 Å². The normalized spacial score (nSPS) is 15.5. The first-order valence-corrected chi connectivity index (χ1v) is 10.7. The summed E-state index contributed by atoms with van der Waals surface area (Å²) in [6, 6.07) is 8.68. The summed E-state index contributed by atoms with van der Waals surface area (Å²) < 4.78 is 14.6. The number of nitrogens with two attached hydrogens (primary N) is 2. The van der Waals surface area contributed by atoms with Gasteiger partial charge in [-0.3, -0.25) is 14.5 Å². The van der Waals surface area contributed by atoms with Crippen LogP contribution in [0.4, 0.5) is 10.2 Å². The predicted octanol–water partition coefficient (Wildman–Crippen LogP) is 2.31. The first-order chi connectivity index (χ1) is 16.4. The molecule has 1 fully saturated rings.